The average molecular weight is 276 g/mol. The number of aromatic nitrogens is 1. The van der Waals surface area contributed by atoms with Crippen molar-refractivity contribution < 1.29 is 14.6 Å². The van der Waals surface area contributed by atoms with Gasteiger partial charge in [-0.2, -0.15) is 0 Å². The molecule has 5 nitrogen and oxygen atoms in total. The third kappa shape index (κ3) is 5.39. The Balaban J connectivity index is 2.75. The van der Waals surface area contributed by atoms with Crippen molar-refractivity contribution in [2.45, 2.75) is 25.8 Å². The van der Waals surface area contributed by atoms with Crippen LogP contribution in [0.15, 0.2) is 18.5 Å². The molecule has 0 fully saturated rings. The molecule has 1 rings (SSSR count). The summed E-state index contributed by atoms with van der Waals surface area (Å²) in [5.41, 5.74) is 1.05. The first kappa shape index (κ1) is 16.2. The van der Waals surface area contributed by atoms with E-state index in [-0.39, 0.29) is 18.6 Å². The van der Waals surface area contributed by atoms with E-state index in [1.165, 1.54) is 6.20 Å². The zero-order valence-electron chi connectivity index (χ0n) is 11.8. The molecule has 0 aliphatic carbocycles. The molecule has 1 aromatic heterocycles. The van der Waals surface area contributed by atoms with Crippen LogP contribution < -0.4 is 5.32 Å². The highest BCUT2D eigenvalue weighted by molar-refractivity contribution is 5.94. The Bertz CT molecular complexity index is 485. The molecule has 1 amide bonds. The summed E-state index contributed by atoms with van der Waals surface area (Å²) in [7, 11) is 1.61. The first-order valence-electron chi connectivity index (χ1n) is 6.55. The fourth-order valence-electron chi connectivity index (χ4n) is 1.79. The standard InChI is InChI=1S/C15H20N2O3/c1-3-5-14(11-20-2)17-15(19)13-8-12(6-4-7-18)9-16-10-13/h8-10,14,18H,3,5,7,11H2,1-2H3,(H,17,19). The molecule has 0 radical (unpaired) electrons. The summed E-state index contributed by atoms with van der Waals surface area (Å²) >= 11 is 0. The molecule has 0 bridgehead atoms. The largest absolute Gasteiger partial charge is 0.384 e. The minimum atomic E-state index is -0.219. The summed E-state index contributed by atoms with van der Waals surface area (Å²) in [4.78, 5) is 16.1. The van der Waals surface area contributed by atoms with Gasteiger partial charge < -0.3 is 15.2 Å². The van der Waals surface area contributed by atoms with Crippen LogP contribution in [0, 0.1) is 11.8 Å². The molecule has 0 aliphatic rings. The predicted molar refractivity (Wildman–Crippen MR) is 76.2 cm³/mol. The Morgan fingerprint density at radius 2 is 2.35 bits per heavy atom. The van der Waals surface area contributed by atoms with Crippen LogP contribution in [-0.2, 0) is 4.74 Å². The second-order valence-electron chi connectivity index (χ2n) is 4.34. The van der Waals surface area contributed by atoms with Crippen molar-refractivity contribution in [2.24, 2.45) is 0 Å². The molecule has 0 spiro atoms. The van der Waals surface area contributed by atoms with Crippen LogP contribution in [0.3, 0.4) is 0 Å². The van der Waals surface area contributed by atoms with Gasteiger partial charge >= 0.3 is 0 Å². The van der Waals surface area contributed by atoms with Gasteiger partial charge in [-0.15, -0.1) is 0 Å². The highest BCUT2D eigenvalue weighted by Crippen LogP contribution is 2.04. The first-order valence-corrected chi connectivity index (χ1v) is 6.55. The number of amides is 1. The molecule has 0 saturated heterocycles. The van der Waals surface area contributed by atoms with Gasteiger partial charge in [0.05, 0.1) is 18.2 Å². The van der Waals surface area contributed by atoms with Gasteiger partial charge in [-0.3, -0.25) is 9.78 Å². The smallest absolute Gasteiger partial charge is 0.253 e. The number of rotatable bonds is 6. The lowest BCUT2D eigenvalue weighted by Gasteiger charge is -2.17. The number of pyridine rings is 1. The Labute approximate surface area is 119 Å². The van der Waals surface area contributed by atoms with Crippen LogP contribution in [0.25, 0.3) is 0 Å². The van der Waals surface area contributed by atoms with Gasteiger partial charge in [-0.1, -0.05) is 25.2 Å². The van der Waals surface area contributed by atoms with Crippen molar-refractivity contribution in [1.82, 2.24) is 10.3 Å². The number of carbonyl (C=O) groups excluding carboxylic acids is 1. The summed E-state index contributed by atoms with van der Waals surface area (Å²) in [6, 6.07) is 1.64. The summed E-state index contributed by atoms with van der Waals surface area (Å²) in [6.45, 7) is 2.32. The lowest BCUT2D eigenvalue weighted by Crippen LogP contribution is -2.38. The molecular formula is C15H20N2O3. The predicted octanol–water partition coefficient (Wildman–Crippen LogP) is 0.970. The number of hydrogen-bond acceptors (Lipinski definition) is 4. The van der Waals surface area contributed by atoms with E-state index >= 15 is 0 Å². The minimum Gasteiger partial charge on any atom is -0.384 e. The molecule has 0 aromatic carbocycles. The Kier molecular flexibility index (Phi) is 7.33. The second kappa shape index (κ2) is 9.08. The molecule has 1 unspecified atom stereocenters. The number of aliphatic hydroxyl groups excluding tert-OH is 1. The van der Waals surface area contributed by atoms with Crippen molar-refractivity contribution in [2.75, 3.05) is 20.3 Å². The molecule has 5 heteroatoms. The first-order chi connectivity index (χ1) is 9.71. The molecule has 1 aromatic rings. The van der Waals surface area contributed by atoms with Crippen molar-refractivity contribution in [3.63, 3.8) is 0 Å². The van der Waals surface area contributed by atoms with Gasteiger partial charge in [0, 0.05) is 25.1 Å². The number of ether oxygens (including phenoxy) is 1. The van der Waals surface area contributed by atoms with Crippen LogP contribution >= 0.6 is 0 Å². The summed E-state index contributed by atoms with van der Waals surface area (Å²) < 4.78 is 5.09. The number of hydrogen-bond donors (Lipinski definition) is 2. The summed E-state index contributed by atoms with van der Waals surface area (Å²) in [5, 5.41) is 11.6. The van der Waals surface area contributed by atoms with Crippen LogP contribution in [0.2, 0.25) is 0 Å². The third-order valence-corrected chi connectivity index (χ3v) is 2.65. The lowest BCUT2D eigenvalue weighted by atomic mass is 10.1. The lowest BCUT2D eigenvalue weighted by molar-refractivity contribution is 0.0891. The highest BCUT2D eigenvalue weighted by Gasteiger charge is 2.13. The molecule has 20 heavy (non-hydrogen) atoms. The SMILES string of the molecule is CCCC(COC)NC(=O)c1cncc(C#CCO)c1. The van der Waals surface area contributed by atoms with Gasteiger partial charge in [0.15, 0.2) is 0 Å². The van der Waals surface area contributed by atoms with Crippen molar-refractivity contribution in [3.8, 4) is 11.8 Å². The monoisotopic (exact) mass is 276 g/mol. The normalized spacial score (nSPS) is 11.3. The van der Waals surface area contributed by atoms with Gasteiger partial charge in [-0.05, 0) is 12.5 Å². The quantitative estimate of drug-likeness (QED) is 0.760. The van der Waals surface area contributed by atoms with Crippen LogP contribution in [0.5, 0.6) is 0 Å². The number of carbonyl (C=O) groups is 1. The maximum atomic E-state index is 12.1. The Hall–Kier alpha value is -1.90. The third-order valence-electron chi connectivity index (χ3n) is 2.65. The molecule has 108 valence electrons. The Morgan fingerprint density at radius 1 is 1.55 bits per heavy atom. The number of methoxy groups -OCH3 is 1. The molecule has 2 N–H and O–H groups in total. The molecule has 1 atom stereocenters. The maximum Gasteiger partial charge on any atom is 0.253 e. The fraction of sp³-hybridized carbons (Fsp3) is 0.467. The van der Waals surface area contributed by atoms with E-state index in [0.717, 1.165) is 12.8 Å². The zero-order chi connectivity index (χ0) is 14.8. The van der Waals surface area contributed by atoms with E-state index in [1.54, 1.807) is 19.4 Å². The summed E-state index contributed by atoms with van der Waals surface area (Å²) in [6.07, 6.45) is 4.87. The molecule has 1 heterocycles. The van der Waals surface area contributed by atoms with Gasteiger partial charge in [-0.25, -0.2) is 0 Å². The van der Waals surface area contributed by atoms with Gasteiger partial charge in [0.2, 0.25) is 0 Å². The van der Waals surface area contributed by atoms with E-state index < -0.39 is 0 Å². The van der Waals surface area contributed by atoms with Crippen molar-refractivity contribution in [3.05, 3.63) is 29.6 Å². The Morgan fingerprint density at radius 3 is 3.00 bits per heavy atom. The maximum absolute atomic E-state index is 12.1. The van der Waals surface area contributed by atoms with E-state index in [9.17, 15) is 4.79 Å². The number of nitrogens with one attached hydrogen (secondary N) is 1. The van der Waals surface area contributed by atoms with Crippen molar-refractivity contribution in [1.29, 1.82) is 0 Å². The molecule has 0 aliphatic heterocycles. The van der Waals surface area contributed by atoms with E-state index in [1.807, 2.05) is 0 Å². The number of aliphatic hydroxyl groups is 1. The molecular weight excluding hydrogens is 256 g/mol. The molecule has 0 saturated carbocycles. The number of nitrogens with zero attached hydrogens (tertiary/aromatic N) is 1. The topological polar surface area (TPSA) is 71.5 Å². The summed E-state index contributed by atoms with van der Waals surface area (Å²) in [5.74, 6) is 5.06. The zero-order valence-corrected chi connectivity index (χ0v) is 11.8. The highest BCUT2D eigenvalue weighted by atomic mass is 16.5. The van der Waals surface area contributed by atoms with E-state index in [4.69, 9.17) is 9.84 Å². The van der Waals surface area contributed by atoms with Crippen LogP contribution in [0.1, 0.15) is 35.7 Å². The average Bonchev–Trinajstić information content (AvgIpc) is 2.46. The fourth-order valence-corrected chi connectivity index (χ4v) is 1.79. The van der Waals surface area contributed by atoms with Crippen molar-refractivity contribution >= 4 is 5.91 Å². The van der Waals surface area contributed by atoms with E-state index in [0.29, 0.717) is 17.7 Å². The van der Waals surface area contributed by atoms with Gasteiger partial charge in [0.1, 0.15) is 6.61 Å². The second-order valence-corrected chi connectivity index (χ2v) is 4.34. The van der Waals surface area contributed by atoms with Crippen LogP contribution in [0.4, 0.5) is 0 Å². The van der Waals surface area contributed by atoms with Crippen LogP contribution in [-0.4, -0.2) is 42.4 Å². The van der Waals surface area contributed by atoms with Gasteiger partial charge in [0.25, 0.3) is 5.91 Å². The van der Waals surface area contributed by atoms with E-state index in [2.05, 4.69) is 29.1 Å². The minimum absolute atomic E-state index is 0.00955.